The summed E-state index contributed by atoms with van der Waals surface area (Å²) < 4.78 is 11.4. The molecule has 2 heterocycles. The first-order valence-corrected chi connectivity index (χ1v) is 8.35. The molecule has 1 aliphatic heterocycles. The second kappa shape index (κ2) is 6.70. The summed E-state index contributed by atoms with van der Waals surface area (Å²) in [6.07, 6.45) is -0.454. The number of hydrogen-bond donors (Lipinski definition) is 1. The summed E-state index contributed by atoms with van der Waals surface area (Å²) in [6, 6.07) is 18.6. The number of aliphatic hydroxyl groups is 1. The molecule has 0 aliphatic carbocycles. The fraction of sp³-hybridized carbons (Fsp3) is 0.250. The number of amides is 1. The van der Waals surface area contributed by atoms with Crippen molar-refractivity contribution in [3.8, 4) is 0 Å². The van der Waals surface area contributed by atoms with Crippen molar-refractivity contribution in [1.29, 1.82) is 0 Å². The molecule has 0 unspecified atom stereocenters. The van der Waals surface area contributed by atoms with Gasteiger partial charge in [0, 0.05) is 11.9 Å². The zero-order valence-corrected chi connectivity index (χ0v) is 13.7. The Balaban J connectivity index is 1.71. The Morgan fingerprint density at radius 2 is 1.88 bits per heavy atom. The van der Waals surface area contributed by atoms with E-state index in [2.05, 4.69) is 0 Å². The van der Waals surface area contributed by atoms with Gasteiger partial charge in [-0.3, -0.25) is 4.79 Å². The average molecular weight is 337 g/mol. The minimum Gasteiger partial charge on any atom is -0.451 e. The number of fused-ring (bicyclic) bond motifs is 1. The lowest BCUT2D eigenvalue weighted by molar-refractivity contribution is -0.0817. The van der Waals surface area contributed by atoms with Crippen molar-refractivity contribution >= 4 is 16.9 Å². The van der Waals surface area contributed by atoms with Crippen LogP contribution in [0.15, 0.2) is 65.1 Å². The van der Waals surface area contributed by atoms with Gasteiger partial charge >= 0.3 is 0 Å². The van der Waals surface area contributed by atoms with Gasteiger partial charge in [-0.15, -0.1) is 0 Å². The lowest BCUT2D eigenvalue weighted by atomic mass is 9.98. The van der Waals surface area contributed by atoms with E-state index in [1.165, 1.54) is 0 Å². The van der Waals surface area contributed by atoms with Crippen molar-refractivity contribution in [3.63, 3.8) is 0 Å². The molecule has 1 aliphatic rings. The predicted octanol–water partition coefficient (Wildman–Crippen LogP) is 3.01. The van der Waals surface area contributed by atoms with Crippen LogP contribution in [0.25, 0.3) is 11.0 Å². The van der Waals surface area contributed by atoms with E-state index in [1.807, 2.05) is 54.6 Å². The highest BCUT2D eigenvalue weighted by Gasteiger charge is 2.37. The van der Waals surface area contributed by atoms with Crippen molar-refractivity contribution in [2.45, 2.75) is 12.1 Å². The van der Waals surface area contributed by atoms with Crippen molar-refractivity contribution in [3.05, 3.63) is 72.0 Å². The van der Waals surface area contributed by atoms with Crippen LogP contribution in [-0.4, -0.2) is 41.8 Å². The van der Waals surface area contributed by atoms with Crippen molar-refractivity contribution < 1.29 is 19.1 Å². The van der Waals surface area contributed by atoms with Gasteiger partial charge in [-0.05, 0) is 17.7 Å². The number of carbonyl (C=O) groups is 1. The topological polar surface area (TPSA) is 62.9 Å². The maximum Gasteiger partial charge on any atom is 0.290 e. The van der Waals surface area contributed by atoms with Gasteiger partial charge in [-0.2, -0.15) is 0 Å². The molecule has 5 heteroatoms. The van der Waals surface area contributed by atoms with Crippen LogP contribution in [0.5, 0.6) is 0 Å². The lowest BCUT2D eigenvalue weighted by Crippen LogP contribution is -2.49. The van der Waals surface area contributed by atoms with E-state index in [-0.39, 0.29) is 18.6 Å². The van der Waals surface area contributed by atoms with Crippen LogP contribution in [0, 0.1) is 0 Å². The number of morpholine rings is 1. The maximum atomic E-state index is 13.1. The third-order valence-electron chi connectivity index (χ3n) is 4.57. The molecule has 1 saturated heterocycles. The summed E-state index contributed by atoms with van der Waals surface area (Å²) in [6.45, 7) is 0.690. The number of carbonyl (C=O) groups excluding carboxylic acids is 1. The Bertz CT molecular complexity index is 841. The van der Waals surface area contributed by atoms with Crippen LogP contribution >= 0.6 is 0 Å². The van der Waals surface area contributed by atoms with Gasteiger partial charge in [-0.25, -0.2) is 0 Å². The van der Waals surface area contributed by atoms with Gasteiger partial charge in [0.05, 0.1) is 19.3 Å². The Kier molecular flexibility index (Phi) is 4.26. The molecule has 4 rings (SSSR count). The van der Waals surface area contributed by atoms with E-state index in [1.54, 1.807) is 11.0 Å². The zero-order valence-electron chi connectivity index (χ0n) is 13.7. The molecule has 0 spiro atoms. The van der Waals surface area contributed by atoms with E-state index in [4.69, 9.17) is 9.15 Å². The van der Waals surface area contributed by atoms with Gasteiger partial charge in [0.1, 0.15) is 11.7 Å². The van der Waals surface area contributed by atoms with Crippen molar-refractivity contribution in [1.82, 2.24) is 4.90 Å². The molecule has 0 radical (unpaired) electrons. The van der Waals surface area contributed by atoms with Gasteiger partial charge < -0.3 is 19.2 Å². The lowest BCUT2D eigenvalue weighted by Gasteiger charge is -2.40. The molecule has 1 N–H and O–H groups in total. The van der Waals surface area contributed by atoms with E-state index >= 15 is 0 Å². The first kappa shape index (κ1) is 15.9. The van der Waals surface area contributed by atoms with Crippen LogP contribution in [0.3, 0.4) is 0 Å². The Hall–Kier alpha value is -2.63. The second-order valence-corrected chi connectivity index (χ2v) is 6.09. The average Bonchev–Trinajstić information content (AvgIpc) is 3.11. The van der Waals surface area contributed by atoms with Crippen LogP contribution < -0.4 is 0 Å². The number of hydrogen-bond acceptors (Lipinski definition) is 4. The van der Waals surface area contributed by atoms with Crippen molar-refractivity contribution in [2.75, 3.05) is 19.8 Å². The molecular weight excluding hydrogens is 318 g/mol. The number of nitrogens with zero attached hydrogens (tertiary/aromatic N) is 1. The van der Waals surface area contributed by atoms with Gasteiger partial charge in [0.2, 0.25) is 0 Å². The molecule has 128 valence electrons. The van der Waals surface area contributed by atoms with Gasteiger partial charge in [0.15, 0.2) is 5.76 Å². The molecule has 5 nitrogen and oxygen atoms in total. The fourth-order valence-electron chi connectivity index (χ4n) is 3.39. The van der Waals surface area contributed by atoms with E-state index in [0.717, 1.165) is 10.9 Å². The Labute approximate surface area is 145 Å². The predicted molar refractivity (Wildman–Crippen MR) is 93.3 cm³/mol. The molecule has 0 saturated carbocycles. The fourth-order valence-corrected chi connectivity index (χ4v) is 3.39. The molecular formula is C20H19NO4. The molecule has 25 heavy (non-hydrogen) atoms. The summed E-state index contributed by atoms with van der Waals surface area (Å²) in [5, 5.41) is 10.6. The van der Waals surface area contributed by atoms with Gasteiger partial charge in [-0.1, -0.05) is 48.5 Å². The molecule has 2 aromatic carbocycles. The highest BCUT2D eigenvalue weighted by molar-refractivity contribution is 5.96. The quantitative estimate of drug-likeness (QED) is 0.798. The monoisotopic (exact) mass is 337 g/mol. The number of aliphatic hydroxyl groups excluding tert-OH is 1. The number of benzene rings is 2. The minimum atomic E-state index is -0.454. The normalized spacial score (nSPS) is 20.8. The van der Waals surface area contributed by atoms with Crippen molar-refractivity contribution in [2.24, 2.45) is 0 Å². The second-order valence-electron chi connectivity index (χ2n) is 6.09. The summed E-state index contributed by atoms with van der Waals surface area (Å²) in [4.78, 5) is 14.8. The van der Waals surface area contributed by atoms with Crippen LogP contribution in [0.4, 0.5) is 0 Å². The first-order chi connectivity index (χ1) is 12.3. The maximum absolute atomic E-state index is 13.1. The summed E-state index contributed by atoms with van der Waals surface area (Å²) in [7, 11) is 0. The zero-order chi connectivity index (χ0) is 17.2. The number of rotatable bonds is 3. The Morgan fingerprint density at radius 1 is 1.12 bits per heavy atom. The molecule has 3 aromatic rings. The molecule has 2 atom stereocenters. The smallest absolute Gasteiger partial charge is 0.290 e. The molecule has 1 aromatic heterocycles. The van der Waals surface area contributed by atoms with Crippen LogP contribution in [0.1, 0.15) is 22.2 Å². The van der Waals surface area contributed by atoms with Crippen LogP contribution in [-0.2, 0) is 4.74 Å². The SMILES string of the molecule is O=C(c1cc2ccccc2o1)N1CCO[C@@H](CO)[C@@H]1c1ccccc1. The van der Waals surface area contributed by atoms with E-state index in [0.29, 0.717) is 24.5 Å². The highest BCUT2D eigenvalue weighted by atomic mass is 16.5. The minimum absolute atomic E-state index is 0.149. The Morgan fingerprint density at radius 3 is 2.64 bits per heavy atom. The van der Waals surface area contributed by atoms with Gasteiger partial charge in [0.25, 0.3) is 5.91 Å². The van der Waals surface area contributed by atoms with E-state index < -0.39 is 6.10 Å². The number of furan rings is 1. The van der Waals surface area contributed by atoms with E-state index in [9.17, 15) is 9.90 Å². The largest absolute Gasteiger partial charge is 0.451 e. The highest BCUT2D eigenvalue weighted by Crippen LogP contribution is 2.31. The van der Waals surface area contributed by atoms with Crippen LogP contribution in [0.2, 0.25) is 0 Å². The summed E-state index contributed by atoms with van der Waals surface area (Å²) >= 11 is 0. The molecule has 1 amide bonds. The third kappa shape index (κ3) is 2.92. The number of ether oxygens (including phenoxy) is 1. The summed E-state index contributed by atoms with van der Waals surface area (Å²) in [5.41, 5.74) is 1.62. The first-order valence-electron chi connectivity index (χ1n) is 8.35. The molecule has 0 bridgehead atoms. The molecule has 1 fully saturated rings. The third-order valence-corrected chi connectivity index (χ3v) is 4.57. The number of para-hydroxylation sites is 1. The standard InChI is InChI=1S/C20H19NO4/c22-13-18-19(14-6-2-1-3-7-14)21(10-11-24-18)20(23)17-12-15-8-4-5-9-16(15)25-17/h1-9,12,18-19,22H,10-11,13H2/t18-,19-/m0/s1. The summed E-state index contributed by atoms with van der Waals surface area (Å²) in [5.74, 6) is 0.118.